The molecule has 0 aliphatic carbocycles. The van der Waals surface area contributed by atoms with Crippen LogP contribution in [0.1, 0.15) is 26.7 Å². The SMILES string of the molecule is CCC[C@@H](C)C(=O)Nc1nc2ccccc2s1. The number of rotatable bonds is 4. The van der Waals surface area contributed by atoms with Crippen molar-refractivity contribution in [2.75, 3.05) is 5.32 Å². The second-order valence-corrected chi connectivity index (χ2v) is 5.20. The van der Waals surface area contributed by atoms with Gasteiger partial charge in [-0.05, 0) is 18.6 Å². The quantitative estimate of drug-likeness (QED) is 0.897. The molecule has 1 atom stereocenters. The normalized spacial score (nSPS) is 12.6. The molecular weight excluding hydrogens is 232 g/mol. The molecule has 0 spiro atoms. The lowest BCUT2D eigenvalue weighted by atomic mass is 10.1. The third-order valence-electron chi connectivity index (χ3n) is 2.69. The van der Waals surface area contributed by atoms with E-state index in [9.17, 15) is 4.79 Å². The van der Waals surface area contributed by atoms with Gasteiger partial charge in [0.05, 0.1) is 10.2 Å². The number of thiazole rings is 1. The highest BCUT2D eigenvalue weighted by molar-refractivity contribution is 7.22. The van der Waals surface area contributed by atoms with Crippen molar-refractivity contribution in [3.63, 3.8) is 0 Å². The van der Waals surface area contributed by atoms with E-state index in [0.29, 0.717) is 5.13 Å². The molecule has 0 saturated heterocycles. The zero-order chi connectivity index (χ0) is 12.3. The molecule has 0 aliphatic heterocycles. The maximum atomic E-state index is 11.8. The molecule has 0 saturated carbocycles. The number of hydrogen-bond acceptors (Lipinski definition) is 3. The predicted octanol–water partition coefficient (Wildman–Crippen LogP) is 3.67. The monoisotopic (exact) mass is 248 g/mol. The molecule has 1 heterocycles. The zero-order valence-corrected chi connectivity index (χ0v) is 10.9. The highest BCUT2D eigenvalue weighted by atomic mass is 32.1. The van der Waals surface area contributed by atoms with E-state index < -0.39 is 0 Å². The number of hydrogen-bond donors (Lipinski definition) is 1. The second-order valence-electron chi connectivity index (χ2n) is 4.17. The lowest BCUT2D eigenvalue weighted by molar-refractivity contribution is -0.119. The first-order chi connectivity index (χ1) is 8.20. The number of benzene rings is 1. The number of aromatic nitrogens is 1. The number of anilines is 1. The van der Waals surface area contributed by atoms with E-state index in [2.05, 4.69) is 17.2 Å². The molecule has 0 radical (unpaired) electrons. The first kappa shape index (κ1) is 12.0. The van der Waals surface area contributed by atoms with Crippen LogP contribution in [0.5, 0.6) is 0 Å². The third-order valence-corrected chi connectivity index (χ3v) is 3.65. The summed E-state index contributed by atoms with van der Waals surface area (Å²) >= 11 is 1.52. The number of amides is 1. The van der Waals surface area contributed by atoms with Crippen LogP contribution in [0.4, 0.5) is 5.13 Å². The average molecular weight is 248 g/mol. The van der Waals surface area contributed by atoms with Crippen LogP contribution in [0.15, 0.2) is 24.3 Å². The molecule has 1 amide bonds. The summed E-state index contributed by atoms with van der Waals surface area (Å²) in [6, 6.07) is 7.90. The molecule has 2 rings (SSSR count). The van der Waals surface area contributed by atoms with Crippen LogP contribution >= 0.6 is 11.3 Å². The van der Waals surface area contributed by atoms with Crippen molar-refractivity contribution in [1.82, 2.24) is 4.98 Å². The van der Waals surface area contributed by atoms with E-state index >= 15 is 0 Å². The van der Waals surface area contributed by atoms with Gasteiger partial charge in [-0.15, -0.1) is 0 Å². The number of para-hydroxylation sites is 1. The van der Waals surface area contributed by atoms with Gasteiger partial charge < -0.3 is 5.32 Å². The molecule has 90 valence electrons. The molecule has 1 aromatic heterocycles. The molecule has 17 heavy (non-hydrogen) atoms. The third kappa shape index (κ3) is 2.82. The van der Waals surface area contributed by atoms with E-state index in [1.807, 2.05) is 31.2 Å². The lowest BCUT2D eigenvalue weighted by Gasteiger charge is -2.08. The van der Waals surface area contributed by atoms with E-state index in [0.717, 1.165) is 23.1 Å². The largest absolute Gasteiger partial charge is 0.302 e. The second kappa shape index (κ2) is 5.27. The summed E-state index contributed by atoms with van der Waals surface area (Å²) in [6.45, 7) is 4.04. The zero-order valence-electron chi connectivity index (χ0n) is 10.1. The van der Waals surface area contributed by atoms with Crippen LogP contribution in [0.2, 0.25) is 0 Å². The van der Waals surface area contributed by atoms with Gasteiger partial charge in [0.15, 0.2) is 5.13 Å². The Kier molecular flexibility index (Phi) is 3.74. The van der Waals surface area contributed by atoms with Crippen LogP contribution < -0.4 is 5.32 Å². The Morgan fingerprint density at radius 2 is 2.24 bits per heavy atom. The van der Waals surface area contributed by atoms with Gasteiger partial charge in [0.1, 0.15) is 0 Å². The molecule has 1 aromatic carbocycles. The minimum absolute atomic E-state index is 0.0482. The van der Waals surface area contributed by atoms with Crippen molar-refractivity contribution in [3.05, 3.63) is 24.3 Å². The summed E-state index contributed by atoms with van der Waals surface area (Å²) in [4.78, 5) is 16.2. The average Bonchev–Trinajstić information content (AvgIpc) is 2.71. The highest BCUT2D eigenvalue weighted by Gasteiger charge is 2.13. The summed E-state index contributed by atoms with van der Waals surface area (Å²) in [5, 5.41) is 3.58. The molecule has 0 fully saturated rings. The minimum Gasteiger partial charge on any atom is -0.302 e. The minimum atomic E-state index is 0.0482. The van der Waals surface area contributed by atoms with Crippen molar-refractivity contribution in [2.24, 2.45) is 5.92 Å². The molecule has 3 nitrogen and oxygen atoms in total. The maximum absolute atomic E-state index is 11.8. The van der Waals surface area contributed by atoms with Crippen LogP contribution in [0.3, 0.4) is 0 Å². The van der Waals surface area contributed by atoms with E-state index in [4.69, 9.17) is 0 Å². The number of carbonyl (C=O) groups excluding carboxylic acids is 1. The van der Waals surface area contributed by atoms with Gasteiger partial charge in [-0.2, -0.15) is 0 Å². The first-order valence-corrected chi connectivity index (χ1v) is 6.68. The number of carbonyl (C=O) groups is 1. The fraction of sp³-hybridized carbons (Fsp3) is 0.385. The molecule has 0 unspecified atom stereocenters. The molecular formula is C13H16N2OS. The smallest absolute Gasteiger partial charge is 0.228 e. The van der Waals surface area contributed by atoms with Crippen molar-refractivity contribution < 1.29 is 4.79 Å². The Morgan fingerprint density at radius 1 is 1.47 bits per heavy atom. The number of nitrogens with zero attached hydrogens (tertiary/aromatic N) is 1. The van der Waals surface area contributed by atoms with E-state index in [1.54, 1.807) is 0 Å². The molecule has 2 aromatic rings. The van der Waals surface area contributed by atoms with Gasteiger partial charge in [-0.25, -0.2) is 4.98 Å². The fourth-order valence-corrected chi connectivity index (χ4v) is 2.59. The fourth-order valence-electron chi connectivity index (χ4n) is 1.72. The van der Waals surface area contributed by atoms with Gasteiger partial charge >= 0.3 is 0 Å². The van der Waals surface area contributed by atoms with Crippen LogP contribution in [-0.4, -0.2) is 10.9 Å². The van der Waals surface area contributed by atoms with Gasteiger partial charge in [0.2, 0.25) is 5.91 Å². The standard InChI is InChI=1S/C13H16N2OS/c1-3-6-9(2)12(16)15-13-14-10-7-4-5-8-11(10)17-13/h4-5,7-9H,3,6H2,1-2H3,(H,14,15,16)/t9-/m1/s1. The first-order valence-electron chi connectivity index (χ1n) is 5.87. The highest BCUT2D eigenvalue weighted by Crippen LogP contribution is 2.25. The van der Waals surface area contributed by atoms with E-state index in [-0.39, 0.29) is 11.8 Å². The van der Waals surface area contributed by atoms with Gasteiger partial charge in [-0.3, -0.25) is 4.79 Å². The Morgan fingerprint density at radius 3 is 2.94 bits per heavy atom. The summed E-state index contributed by atoms with van der Waals surface area (Å²) in [7, 11) is 0. The summed E-state index contributed by atoms with van der Waals surface area (Å²) < 4.78 is 1.10. The Balaban J connectivity index is 2.10. The Bertz CT molecular complexity index is 488. The van der Waals surface area contributed by atoms with Crippen LogP contribution in [-0.2, 0) is 4.79 Å². The Labute approximate surface area is 105 Å². The van der Waals surface area contributed by atoms with Crippen molar-refractivity contribution >= 4 is 32.6 Å². The summed E-state index contributed by atoms with van der Waals surface area (Å²) in [5.41, 5.74) is 0.941. The van der Waals surface area contributed by atoms with Crippen molar-refractivity contribution in [3.8, 4) is 0 Å². The van der Waals surface area contributed by atoms with Gasteiger partial charge in [-0.1, -0.05) is 43.7 Å². The molecule has 4 heteroatoms. The number of nitrogens with one attached hydrogen (secondary N) is 1. The van der Waals surface area contributed by atoms with Crippen molar-refractivity contribution in [2.45, 2.75) is 26.7 Å². The molecule has 1 N–H and O–H groups in total. The Hall–Kier alpha value is -1.42. The van der Waals surface area contributed by atoms with Crippen LogP contribution in [0, 0.1) is 5.92 Å². The molecule has 0 bridgehead atoms. The van der Waals surface area contributed by atoms with Crippen LogP contribution in [0.25, 0.3) is 10.2 Å². The topological polar surface area (TPSA) is 42.0 Å². The lowest BCUT2D eigenvalue weighted by Crippen LogP contribution is -2.19. The molecule has 0 aliphatic rings. The number of fused-ring (bicyclic) bond motifs is 1. The predicted molar refractivity (Wildman–Crippen MR) is 72.3 cm³/mol. The van der Waals surface area contributed by atoms with Crippen molar-refractivity contribution in [1.29, 1.82) is 0 Å². The van der Waals surface area contributed by atoms with Gasteiger partial charge in [0, 0.05) is 5.92 Å². The summed E-state index contributed by atoms with van der Waals surface area (Å²) in [5.74, 6) is 0.109. The summed E-state index contributed by atoms with van der Waals surface area (Å²) in [6.07, 6.45) is 1.94. The maximum Gasteiger partial charge on any atom is 0.228 e. The van der Waals surface area contributed by atoms with Gasteiger partial charge in [0.25, 0.3) is 0 Å². The van der Waals surface area contributed by atoms with E-state index in [1.165, 1.54) is 11.3 Å².